The Kier molecular flexibility index (Phi) is 4.58. The van der Waals surface area contributed by atoms with Gasteiger partial charge in [0.05, 0.1) is 24.7 Å². The van der Waals surface area contributed by atoms with Crippen LogP contribution in [-0.2, 0) is 13.6 Å². The van der Waals surface area contributed by atoms with Gasteiger partial charge in [0.25, 0.3) is 0 Å². The minimum Gasteiger partial charge on any atom is -0.497 e. The molecule has 6 nitrogen and oxygen atoms in total. The molecule has 0 spiro atoms. The van der Waals surface area contributed by atoms with E-state index in [1.165, 1.54) is 16.8 Å². The number of rotatable bonds is 5. The summed E-state index contributed by atoms with van der Waals surface area (Å²) < 4.78 is 9.06. The van der Waals surface area contributed by atoms with Gasteiger partial charge in [0.1, 0.15) is 5.75 Å². The van der Waals surface area contributed by atoms with Crippen molar-refractivity contribution < 1.29 is 4.74 Å². The van der Waals surface area contributed by atoms with Crippen LogP contribution in [0.25, 0.3) is 11.3 Å². The van der Waals surface area contributed by atoms with Crippen LogP contribution in [0.2, 0.25) is 0 Å². The largest absolute Gasteiger partial charge is 0.497 e. The molecule has 1 aliphatic heterocycles. The third kappa shape index (κ3) is 3.41. The number of nitrogens with zero attached hydrogens (tertiary/aromatic N) is 5. The van der Waals surface area contributed by atoms with E-state index in [2.05, 4.69) is 33.4 Å². The van der Waals surface area contributed by atoms with E-state index in [0.717, 1.165) is 37.5 Å². The van der Waals surface area contributed by atoms with Gasteiger partial charge in [0.2, 0.25) is 0 Å². The highest BCUT2D eigenvalue weighted by Gasteiger charge is 2.15. The molecule has 0 saturated carbocycles. The average Bonchev–Trinajstić information content (AvgIpc) is 3.32. The predicted octanol–water partition coefficient (Wildman–Crippen LogP) is 2.90. The fourth-order valence-corrected chi connectivity index (χ4v) is 3.35. The second kappa shape index (κ2) is 7.17. The van der Waals surface area contributed by atoms with Crippen LogP contribution in [-0.4, -0.2) is 44.7 Å². The molecule has 0 bridgehead atoms. The van der Waals surface area contributed by atoms with Crippen LogP contribution >= 0.6 is 0 Å². The third-order valence-corrected chi connectivity index (χ3v) is 4.82. The standard InChI is InChI=1S/C20H23N5O/c1-23-20(7-10-21-23)17-8-11-24(12-9-17)14-16-13-22-25(15-16)18-3-5-19(26-2)6-4-18/h3-8,10,13,15H,9,11-12,14H2,1-2H3. The van der Waals surface area contributed by atoms with Crippen molar-refractivity contribution >= 4 is 5.57 Å². The molecule has 134 valence electrons. The smallest absolute Gasteiger partial charge is 0.119 e. The molecule has 1 aliphatic rings. The minimum atomic E-state index is 0.852. The molecule has 0 amide bonds. The Balaban J connectivity index is 1.40. The molecule has 0 unspecified atom stereocenters. The Morgan fingerprint density at radius 2 is 1.96 bits per heavy atom. The van der Waals surface area contributed by atoms with Gasteiger partial charge < -0.3 is 4.74 Å². The first-order chi connectivity index (χ1) is 12.7. The lowest BCUT2D eigenvalue weighted by Crippen LogP contribution is -2.28. The number of methoxy groups -OCH3 is 1. The fourth-order valence-electron chi connectivity index (χ4n) is 3.35. The molecule has 26 heavy (non-hydrogen) atoms. The zero-order chi connectivity index (χ0) is 17.9. The van der Waals surface area contributed by atoms with E-state index in [-0.39, 0.29) is 0 Å². The van der Waals surface area contributed by atoms with Gasteiger partial charge in [-0.3, -0.25) is 9.58 Å². The summed E-state index contributed by atoms with van der Waals surface area (Å²) in [6.07, 6.45) is 9.27. The highest BCUT2D eigenvalue weighted by Crippen LogP contribution is 2.22. The predicted molar refractivity (Wildman–Crippen MR) is 101 cm³/mol. The second-order valence-corrected chi connectivity index (χ2v) is 6.55. The molecule has 0 radical (unpaired) electrons. The van der Waals surface area contributed by atoms with Crippen molar-refractivity contribution in [1.29, 1.82) is 0 Å². The van der Waals surface area contributed by atoms with Crippen molar-refractivity contribution in [3.63, 3.8) is 0 Å². The molecule has 0 saturated heterocycles. The van der Waals surface area contributed by atoms with Gasteiger partial charge in [0.15, 0.2) is 0 Å². The second-order valence-electron chi connectivity index (χ2n) is 6.55. The van der Waals surface area contributed by atoms with Crippen molar-refractivity contribution in [2.24, 2.45) is 7.05 Å². The lowest BCUT2D eigenvalue weighted by atomic mass is 10.0. The average molecular weight is 349 g/mol. The molecule has 2 aromatic heterocycles. The van der Waals surface area contributed by atoms with Crippen molar-refractivity contribution in [3.8, 4) is 11.4 Å². The summed E-state index contributed by atoms with van der Waals surface area (Å²) in [6, 6.07) is 10.0. The monoisotopic (exact) mass is 349 g/mol. The first-order valence-corrected chi connectivity index (χ1v) is 8.80. The number of ether oxygens (including phenoxy) is 1. The van der Waals surface area contributed by atoms with Crippen molar-refractivity contribution in [2.45, 2.75) is 13.0 Å². The molecule has 0 fully saturated rings. The number of aromatic nitrogens is 4. The van der Waals surface area contributed by atoms with Crippen LogP contribution < -0.4 is 4.74 Å². The SMILES string of the molecule is COc1ccc(-n2cc(CN3CC=C(c4ccnn4C)CC3)cn2)cc1. The van der Waals surface area contributed by atoms with Crippen molar-refractivity contribution in [1.82, 2.24) is 24.5 Å². The van der Waals surface area contributed by atoms with E-state index in [0.29, 0.717) is 0 Å². The Hall–Kier alpha value is -2.86. The minimum absolute atomic E-state index is 0.852. The molecule has 3 aromatic rings. The number of hydrogen-bond donors (Lipinski definition) is 0. The Morgan fingerprint density at radius 3 is 2.62 bits per heavy atom. The van der Waals surface area contributed by atoms with Gasteiger partial charge >= 0.3 is 0 Å². The fraction of sp³-hybridized carbons (Fsp3) is 0.300. The van der Waals surface area contributed by atoms with Crippen LogP contribution in [0.4, 0.5) is 0 Å². The summed E-state index contributed by atoms with van der Waals surface area (Å²) in [5.74, 6) is 0.852. The van der Waals surface area contributed by atoms with E-state index in [9.17, 15) is 0 Å². The lowest BCUT2D eigenvalue weighted by molar-refractivity contribution is 0.293. The van der Waals surface area contributed by atoms with Crippen molar-refractivity contribution in [2.75, 3.05) is 20.2 Å². The summed E-state index contributed by atoms with van der Waals surface area (Å²) in [5, 5.41) is 8.76. The molecule has 1 aromatic carbocycles. The van der Waals surface area contributed by atoms with E-state index < -0.39 is 0 Å². The Bertz CT molecular complexity index is 906. The van der Waals surface area contributed by atoms with Gasteiger partial charge in [-0.1, -0.05) is 6.08 Å². The van der Waals surface area contributed by atoms with Crippen LogP contribution in [0, 0.1) is 0 Å². The van der Waals surface area contributed by atoms with Gasteiger partial charge in [-0.2, -0.15) is 10.2 Å². The van der Waals surface area contributed by atoms with E-state index in [1.54, 1.807) is 7.11 Å². The van der Waals surface area contributed by atoms with Gasteiger partial charge in [-0.15, -0.1) is 0 Å². The molecule has 6 heteroatoms. The Morgan fingerprint density at radius 1 is 1.12 bits per heavy atom. The van der Waals surface area contributed by atoms with Crippen molar-refractivity contribution in [3.05, 3.63) is 66.3 Å². The highest BCUT2D eigenvalue weighted by atomic mass is 16.5. The van der Waals surface area contributed by atoms with Crippen LogP contribution in [0.3, 0.4) is 0 Å². The number of aryl methyl sites for hydroxylation is 1. The quantitative estimate of drug-likeness (QED) is 0.711. The molecule has 0 N–H and O–H groups in total. The topological polar surface area (TPSA) is 48.1 Å². The highest BCUT2D eigenvalue weighted by molar-refractivity contribution is 5.63. The summed E-state index contributed by atoms with van der Waals surface area (Å²) in [6.45, 7) is 2.91. The zero-order valence-corrected chi connectivity index (χ0v) is 15.2. The summed E-state index contributed by atoms with van der Waals surface area (Å²) in [5.41, 5.74) is 4.86. The number of benzene rings is 1. The van der Waals surface area contributed by atoms with Gasteiger partial charge in [0, 0.05) is 44.6 Å². The van der Waals surface area contributed by atoms with Crippen LogP contribution in [0.1, 0.15) is 17.7 Å². The van der Waals surface area contributed by atoms with Gasteiger partial charge in [-0.05, 0) is 42.3 Å². The molecule has 0 aliphatic carbocycles. The maximum absolute atomic E-state index is 5.21. The maximum atomic E-state index is 5.21. The summed E-state index contributed by atoms with van der Waals surface area (Å²) in [4.78, 5) is 2.44. The van der Waals surface area contributed by atoms with E-state index in [4.69, 9.17) is 4.74 Å². The summed E-state index contributed by atoms with van der Waals surface area (Å²) in [7, 11) is 3.67. The lowest BCUT2D eigenvalue weighted by Gasteiger charge is -2.25. The molecular formula is C20H23N5O. The van der Waals surface area contributed by atoms with E-state index >= 15 is 0 Å². The number of hydrogen-bond acceptors (Lipinski definition) is 4. The third-order valence-electron chi connectivity index (χ3n) is 4.82. The van der Waals surface area contributed by atoms with Crippen LogP contribution in [0.5, 0.6) is 5.75 Å². The first-order valence-electron chi connectivity index (χ1n) is 8.80. The van der Waals surface area contributed by atoms with Crippen LogP contribution in [0.15, 0.2) is 55.0 Å². The van der Waals surface area contributed by atoms with Gasteiger partial charge in [-0.25, -0.2) is 4.68 Å². The zero-order valence-electron chi connectivity index (χ0n) is 15.2. The Labute approximate surface area is 153 Å². The normalized spacial score (nSPS) is 15.1. The molecule has 3 heterocycles. The first kappa shape index (κ1) is 16.6. The van der Waals surface area contributed by atoms with E-state index in [1.807, 2.05) is 53.1 Å². The molecule has 0 atom stereocenters. The molecule has 4 rings (SSSR count). The maximum Gasteiger partial charge on any atom is 0.119 e. The molecular weight excluding hydrogens is 326 g/mol. The summed E-state index contributed by atoms with van der Waals surface area (Å²) >= 11 is 0.